The standard InChI is InChI=1S/C11H18O2S2/c1-7(2)11(12)13-10-6-14-8(3)5-9(4)15-10/h8-10H,1,5-6H2,2-4H3. The number of ether oxygens (including phenoxy) is 1. The lowest BCUT2D eigenvalue weighted by Gasteiger charge is -2.16. The monoisotopic (exact) mass is 246 g/mol. The molecule has 0 aromatic heterocycles. The lowest BCUT2D eigenvalue weighted by molar-refractivity contribution is -0.139. The Morgan fingerprint density at radius 3 is 2.67 bits per heavy atom. The summed E-state index contributed by atoms with van der Waals surface area (Å²) in [4.78, 5) is 11.4. The Hall–Kier alpha value is -0.0900. The molecule has 1 fully saturated rings. The number of carbonyl (C=O) groups is 1. The Bertz CT molecular complexity index is 253. The van der Waals surface area contributed by atoms with E-state index in [2.05, 4.69) is 20.4 Å². The molecule has 1 aliphatic rings. The van der Waals surface area contributed by atoms with Gasteiger partial charge in [-0.15, -0.1) is 11.8 Å². The van der Waals surface area contributed by atoms with Gasteiger partial charge in [-0.3, -0.25) is 0 Å². The molecule has 1 aliphatic heterocycles. The Kier molecular flexibility index (Phi) is 5.06. The van der Waals surface area contributed by atoms with Gasteiger partial charge in [-0.2, -0.15) is 11.8 Å². The van der Waals surface area contributed by atoms with Gasteiger partial charge in [-0.1, -0.05) is 20.4 Å². The molecule has 1 saturated heterocycles. The van der Waals surface area contributed by atoms with Crippen LogP contribution in [0.25, 0.3) is 0 Å². The minimum absolute atomic E-state index is 0.0147. The zero-order valence-electron chi connectivity index (χ0n) is 9.49. The molecule has 0 aromatic carbocycles. The molecule has 1 heterocycles. The molecule has 3 unspecified atom stereocenters. The minimum atomic E-state index is -0.269. The molecule has 4 heteroatoms. The average Bonchev–Trinajstić information content (AvgIpc) is 2.27. The first-order valence-corrected chi connectivity index (χ1v) is 7.11. The van der Waals surface area contributed by atoms with Crippen LogP contribution in [0.5, 0.6) is 0 Å². The summed E-state index contributed by atoms with van der Waals surface area (Å²) in [7, 11) is 0. The number of rotatable bonds is 2. The highest BCUT2D eigenvalue weighted by atomic mass is 32.2. The predicted molar refractivity (Wildman–Crippen MR) is 68.3 cm³/mol. The first-order chi connectivity index (χ1) is 6.99. The lowest BCUT2D eigenvalue weighted by Crippen LogP contribution is -2.18. The topological polar surface area (TPSA) is 26.3 Å². The van der Waals surface area contributed by atoms with Gasteiger partial charge in [0.15, 0.2) is 5.44 Å². The largest absolute Gasteiger partial charge is 0.447 e. The third-order valence-electron chi connectivity index (χ3n) is 2.15. The summed E-state index contributed by atoms with van der Waals surface area (Å²) in [5, 5.41) is 1.21. The van der Waals surface area contributed by atoms with Crippen molar-refractivity contribution in [2.45, 2.75) is 43.1 Å². The summed E-state index contributed by atoms with van der Waals surface area (Å²) in [5.41, 5.74) is 0.463. The van der Waals surface area contributed by atoms with Crippen molar-refractivity contribution >= 4 is 29.5 Å². The van der Waals surface area contributed by atoms with Crippen molar-refractivity contribution in [2.24, 2.45) is 0 Å². The Balaban J connectivity index is 2.48. The average molecular weight is 246 g/mol. The Labute approximate surface area is 100 Å². The van der Waals surface area contributed by atoms with Crippen molar-refractivity contribution in [3.05, 3.63) is 12.2 Å². The van der Waals surface area contributed by atoms with Crippen molar-refractivity contribution in [2.75, 3.05) is 5.75 Å². The van der Waals surface area contributed by atoms with Crippen LogP contribution in [0.3, 0.4) is 0 Å². The van der Waals surface area contributed by atoms with Crippen LogP contribution in [0, 0.1) is 0 Å². The van der Waals surface area contributed by atoms with E-state index in [0.29, 0.717) is 16.1 Å². The molecular formula is C11H18O2S2. The molecule has 0 aromatic rings. The van der Waals surface area contributed by atoms with Crippen LogP contribution >= 0.6 is 23.5 Å². The molecule has 3 atom stereocenters. The molecule has 2 nitrogen and oxygen atoms in total. The molecule has 15 heavy (non-hydrogen) atoms. The van der Waals surface area contributed by atoms with Gasteiger partial charge in [0.2, 0.25) is 0 Å². The van der Waals surface area contributed by atoms with Crippen LogP contribution in [-0.2, 0) is 9.53 Å². The second kappa shape index (κ2) is 5.85. The molecule has 1 rings (SSSR count). The summed E-state index contributed by atoms with van der Waals surface area (Å²) >= 11 is 3.63. The fourth-order valence-corrected chi connectivity index (χ4v) is 4.13. The van der Waals surface area contributed by atoms with E-state index in [1.54, 1.807) is 18.7 Å². The Morgan fingerprint density at radius 1 is 1.40 bits per heavy atom. The van der Waals surface area contributed by atoms with Gasteiger partial charge in [0.05, 0.1) is 0 Å². The van der Waals surface area contributed by atoms with Crippen molar-refractivity contribution in [3.8, 4) is 0 Å². The van der Waals surface area contributed by atoms with Crippen molar-refractivity contribution in [1.82, 2.24) is 0 Å². The van der Waals surface area contributed by atoms with Gasteiger partial charge < -0.3 is 4.74 Å². The van der Waals surface area contributed by atoms with Crippen LogP contribution in [0.15, 0.2) is 12.2 Å². The van der Waals surface area contributed by atoms with Gasteiger partial charge in [0.25, 0.3) is 0 Å². The molecular weight excluding hydrogens is 228 g/mol. The van der Waals surface area contributed by atoms with Crippen molar-refractivity contribution in [3.63, 3.8) is 0 Å². The van der Waals surface area contributed by atoms with E-state index in [-0.39, 0.29) is 11.4 Å². The maximum absolute atomic E-state index is 11.4. The fourth-order valence-electron chi connectivity index (χ4n) is 1.41. The first-order valence-electron chi connectivity index (χ1n) is 5.12. The molecule has 0 aliphatic carbocycles. The van der Waals surface area contributed by atoms with Crippen LogP contribution in [0.1, 0.15) is 27.2 Å². The number of esters is 1. The SMILES string of the molecule is C=C(C)C(=O)OC1CSC(C)CC(C)S1. The summed E-state index contributed by atoms with van der Waals surface area (Å²) in [6.07, 6.45) is 1.18. The highest BCUT2D eigenvalue weighted by Gasteiger charge is 2.24. The first kappa shape index (κ1) is 13.0. The maximum Gasteiger partial charge on any atom is 0.334 e. The number of thioether (sulfide) groups is 2. The molecule has 0 spiro atoms. The highest BCUT2D eigenvalue weighted by Crippen LogP contribution is 2.34. The van der Waals surface area contributed by atoms with Crippen LogP contribution in [0.4, 0.5) is 0 Å². The zero-order valence-corrected chi connectivity index (χ0v) is 11.1. The van der Waals surface area contributed by atoms with Crippen molar-refractivity contribution in [1.29, 1.82) is 0 Å². The second-order valence-corrected chi connectivity index (χ2v) is 7.02. The van der Waals surface area contributed by atoms with Gasteiger partial charge >= 0.3 is 5.97 Å². The van der Waals surface area contributed by atoms with E-state index in [0.717, 1.165) is 5.75 Å². The van der Waals surface area contributed by atoms with E-state index in [1.165, 1.54) is 6.42 Å². The third kappa shape index (κ3) is 4.51. The lowest BCUT2D eigenvalue weighted by atomic mass is 10.3. The Morgan fingerprint density at radius 2 is 2.07 bits per heavy atom. The second-order valence-electron chi connectivity index (χ2n) is 3.94. The summed E-state index contributed by atoms with van der Waals surface area (Å²) in [6.45, 7) is 9.69. The van der Waals surface area contributed by atoms with Crippen LogP contribution < -0.4 is 0 Å². The zero-order chi connectivity index (χ0) is 11.4. The number of hydrogen-bond acceptors (Lipinski definition) is 4. The number of carbonyl (C=O) groups excluding carboxylic acids is 1. The normalized spacial score (nSPS) is 31.8. The molecule has 0 radical (unpaired) electrons. The third-order valence-corrected chi connectivity index (χ3v) is 4.84. The number of hydrogen-bond donors (Lipinski definition) is 0. The molecule has 0 N–H and O–H groups in total. The predicted octanol–water partition coefficient (Wildman–Crippen LogP) is 3.08. The van der Waals surface area contributed by atoms with E-state index in [9.17, 15) is 4.79 Å². The molecule has 0 amide bonds. The van der Waals surface area contributed by atoms with Gasteiger partial charge in [0.1, 0.15) is 0 Å². The van der Waals surface area contributed by atoms with E-state index < -0.39 is 0 Å². The van der Waals surface area contributed by atoms with Crippen LogP contribution in [-0.4, -0.2) is 27.7 Å². The van der Waals surface area contributed by atoms with Crippen LogP contribution in [0.2, 0.25) is 0 Å². The maximum atomic E-state index is 11.4. The molecule has 0 saturated carbocycles. The fraction of sp³-hybridized carbons (Fsp3) is 0.727. The van der Waals surface area contributed by atoms with E-state index in [1.807, 2.05) is 11.8 Å². The molecule has 86 valence electrons. The summed E-state index contributed by atoms with van der Waals surface area (Å²) in [6, 6.07) is 0. The quantitative estimate of drug-likeness (QED) is 0.552. The van der Waals surface area contributed by atoms with Crippen molar-refractivity contribution < 1.29 is 9.53 Å². The summed E-state index contributed by atoms with van der Waals surface area (Å²) < 4.78 is 5.36. The van der Waals surface area contributed by atoms with Gasteiger partial charge in [-0.05, 0) is 13.3 Å². The van der Waals surface area contributed by atoms with E-state index >= 15 is 0 Å². The minimum Gasteiger partial charge on any atom is -0.447 e. The highest BCUT2D eigenvalue weighted by molar-refractivity contribution is 8.04. The molecule has 0 bridgehead atoms. The van der Waals surface area contributed by atoms with E-state index in [4.69, 9.17) is 4.74 Å². The van der Waals surface area contributed by atoms with Gasteiger partial charge in [-0.25, -0.2) is 4.79 Å². The smallest absolute Gasteiger partial charge is 0.334 e. The summed E-state index contributed by atoms with van der Waals surface area (Å²) in [5.74, 6) is 0.615. The van der Waals surface area contributed by atoms with Gasteiger partial charge in [0, 0.05) is 21.8 Å².